The SMILES string of the molecule is O=C(Cc1cccs1)N1CCC(C2=CCc3ccccc32)CC1. The number of nitrogens with zero attached hydrogens (tertiary/aromatic N) is 1. The Balaban J connectivity index is 1.37. The van der Waals surface area contributed by atoms with E-state index in [9.17, 15) is 4.79 Å². The summed E-state index contributed by atoms with van der Waals surface area (Å²) < 4.78 is 0. The first kappa shape index (κ1) is 14.7. The number of amides is 1. The Hall–Kier alpha value is -1.87. The second-order valence-electron chi connectivity index (χ2n) is 6.43. The number of hydrogen-bond donors (Lipinski definition) is 0. The van der Waals surface area contributed by atoms with Gasteiger partial charge in [-0.15, -0.1) is 11.3 Å². The van der Waals surface area contributed by atoms with Crippen LogP contribution in [0.15, 0.2) is 47.9 Å². The minimum absolute atomic E-state index is 0.284. The Bertz CT molecular complexity index is 724. The van der Waals surface area contributed by atoms with Gasteiger partial charge in [0.05, 0.1) is 6.42 Å². The highest BCUT2D eigenvalue weighted by Gasteiger charge is 2.28. The molecule has 0 radical (unpaired) electrons. The summed E-state index contributed by atoms with van der Waals surface area (Å²) in [5, 5.41) is 2.04. The number of carbonyl (C=O) groups is 1. The van der Waals surface area contributed by atoms with Gasteiger partial charge in [-0.3, -0.25) is 4.79 Å². The van der Waals surface area contributed by atoms with Gasteiger partial charge in [-0.25, -0.2) is 0 Å². The summed E-state index contributed by atoms with van der Waals surface area (Å²) in [7, 11) is 0. The molecule has 118 valence electrons. The lowest BCUT2D eigenvalue weighted by atomic mass is 9.86. The van der Waals surface area contributed by atoms with Crippen LogP contribution in [-0.4, -0.2) is 23.9 Å². The van der Waals surface area contributed by atoms with Crippen LogP contribution in [0.1, 0.15) is 28.8 Å². The quantitative estimate of drug-likeness (QED) is 0.830. The van der Waals surface area contributed by atoms with Crippen LogP contribution in [0.4, 0.5) is 0 Å². The minimum atomic E-state index is 0.284. The first-order valence-corrected chi connectivity index (χ1v) is 9.28. The van der Waals surface area contributed by atoms with Crippen molar-refractivity contribution in [1.82, 2.24) is 4.90 Å². The van der Waals surface area contributed by atoms with E-state index < -0.39 is 0 Å². The van der Waals surface area contributed by atoms with Crippen LogP contribution in [0.5, 0.6) is 0 Å². The van der Waals surface area contributed by atoms with Crippen molar-refractivity contribution in [1.29, 1.82) is 0 Å². The molecule has 1 aliphatic carbocycles. The molecule has 1 amide bonds. The fraction of sp³-hybridized carbons (Fsp3) is 0.350. The lowest BCUT2D eigenvalue weighted by Crippen LogP contribution is -2.39. The molecule has 2 aromatic rings. The Morgan fingerprint density at radius 3 is 2.74 bits per heavy atom. The highest BCUT2D eigenvalue weighted by molar-refractivity contribution is 7.10. The molecule has 2 aliphatic rings. The number of benzene rings is 1. The van der Waals surface area contributed by atoms with Gasteiger partial charge < -0.3 is 4.90 Å². The Labute approximate surface area is 141 Å². The standard InChI is InChI=1S/C20H21NOS/c22-20(14-17-5-3-13-23-17)21-11-9-16(10-12-21)19-8-7-15-4-1-2-6-18(15)19/h1-6,8,13,16H,7,9-12,14H2. The summed E-state index contributed by atoms with van der Waals surface area (Å²) in [4.78, 5) is 15.6. The number of carbonyl (C=O) groups excluding carboxylic acids is 1. The second-order valence-corrected chi connectivity index (χ2v) is 7.46. The number of fused-ring (bicyclic) bond motifs is 1. The molecular formula is C20H21NOS. The van der Waals surface area contributed by atoms with Gasteiger partial charge in [-0.1, -0.05) is 36.4 Å². The number of allylic oxidation sites excluding steroid dienone is 2. The summed E-state index contributed by atoms with van der Waals surface area (Å²) in [5.74, 6) is 0.899. The number of hydrogen-bond acceptors (Lipinski definition) is 2. The zero-order valence-electron chi connectivity index (χ0n) is 13.2. The lowest BCUT2D eigenvalue weighted by Gasteiger charge is -2.33. The van der Waals surface area contributed by atoms with E-state index in [-0.39, 0.29) is 5.91 Å². The van der Waals surface area contributed by atoms with Crippen LogP contribution in [0, 0.1) is 5.92 Å². The summed E-state index contributed by atoms with van der Waals surface area (Å²) in [5.41, 5.74) is 4.42. The van der Waals surface area contributed by atoms with Crippen molar-refractivity contribution in [2.24, 2.45) is 5.92 Å². The van der Waals surface area contributed by atoms with Gasteiger partial charge in [-0.05, 0) is 53.3 Å². The van der Waals surface area contributed by atoms with E-state index in [0.717, 1.165) is 32.4 Å². The van der Waals surface area contributed by atoms with E-state index in [0.29, 0.717) is 12.3 Å². The first-order valence-electron chi connectivity index (χ1n) is 8.40. The van der Waals surface area contributed by atoms with Crippen molar-refractivity contribution >= 4 is 22.8 Å². The summed E-state index contributed by atoms with van der Waals surface area (Å²) >= 11 is 1.67. The molecule has 1 saturated heterocycles. The van der Waals surface area contributed by atoms with Crippen LogP contribution in [0.25, 0.3) is 5.57 Å². The highest BCUT2D eigenvalue weighted by Crippen LogP contribution is 2.37. The van der Waals surface area contributed by atoms with E-state index in [2.05, 4.69) is 41.3 Å². The number of rotatable bonds is 3. The molecule has 1 aliphatic heterocycles. The van der Waals surface area contributed by atoms with Crippen molar-refractivity contribution in [2.45, 2.75) is 25.7 Å². The Morgan fingerprint density at radius 2 is 1.96 bits per heavy atom. The largest absolute Gasteiger partial charge is 0.342 e. The van der Waals surface area contributed by atoms with Crippen molar-refractivity contribution in [2.75, 3.05) is 13.1 Å². The number of likely N-dealkylation sites (tertiary alicyclic amines) is 1. The predicted molar refractivity (Wildman–Crippen MR) is 95.5 cm³/mol. The van der Waals surface area contributed by atoms with Gasteiger partial charge in [0, 0.05) is 18.0 Å². The average Bonchev–Trinajstić information content (AvgIpc) is 3.24. The first-order chi connectivity index (χ1) is 11.3. The molecule has 1 aromatic carbocycles. The van der Waals surface area contributed by atoms with Gasteiger partial charge in [0.15, 0.2) is 0 Å². The maximum absolute atomic E-state index is 12.4. The van der Waals surface area contributed by atoms with Gasteiger partial charge in [0.2, 0.25) is 5.91 Å². The minimum Gasteiger partial charge on any atom is -0.342 e. The number of piperidine rings is 1. The normalized spacial score (nSPS) is 17.9. The van der Waals surface area contributed by atoms with Crippen LogP contribution >= 0.6 is 11.3 Å². The Morgan fingerprint density at radius 1 is 1.13 bits per heavy atom. The monoisotopic (exact) mass is 323 g/mol. The van der Waals surface area contributed by atoms with E-state index in [1.165, 1.54) is 21.6 Å². The highest BCUT2D eigenvalue weighted by atomic mass is 32.1. The third-order valence-electron chi connectivity index (χ3n) is 5.06. The van der Waals surface area contributed by atoms with E-state index in [1.54, 1.807) is 11.3 Å². The summed E-state index contributed by atoms with van der Waals surface area (Å²) in [6, 6.07) is 12.8. The molecule has 0 bridgehead atoms. The van der Waals surface area contributed by atoms with Crippen molar-refractivity contribution in [3.05, 3.63) is 63.9 Å². The fourth-order valence-electron chi connectivity index (χ4n) is 3.81. The van der Waals surface area contributed by atoms with Crippen LogP contribution in [0.2, 0.25) is 0 Å². The smallest absolute Gasteiger partial charge is 0.227 e. The maximum atomic E-state index is 12.4. The fourth-order valence-corrected chi connectivity index (χ4v) is 4.51. The van der Waals surface area contributed by atoms with Crippen LogP contribution in [0.3, 0.4) is 0 Å². The molecular weight excluding hydrogens is 302 g/mol. The molecule has 0 unspecified atom stereocenters. The molecule has 0 saturated carbocycles. The molecule has 1 aromatic heterocycles. The Kier molecular flexibility index (Phi) is 4.04. The molecule has 23 heavy (non-hydrogen) atoms. The summed E-state index contributed by atoms with van der Waals surface area (Å²) in [6.45, 7) is 1.79. The maximum Gasteiger partial charge on any atom is 0.227 e. The zero-order chi connectivity index (χ0) is 15.6. The molecule has 3 heteroatoms. The van der Waals surface area contributed by atoms with Gasteiger partial charge in [-0.2, -0.15) is 0 Å². The van der Waals surface area contributed by atoms with E-state index in [4.69, 9.17) is 0 Å². The van der Waals surface area contributed by atoms with Crippen molar-refractivity contribution < 1.29 is 4.79 Å². The zero-order valence-corrected chi connectivity index (χ0v) is 14.0. The lowest BCUT2D eigenvalue weighted by molar-refractivity contribution is -0.131. The molecule has 1 fully saturated rings. The molecule has 0 N–H and O–H groups in total. The molecule has 4 rings (SSSR count). The third kappa shape index (κ3) is 2.98. The average molecular weight is 323 g/mol. The molecule has 0 spiro atoms. The molecule has 0 atom stereocenters. The van der Waals surface area contributed by atoms with Gasteiger partial charge >= 0.3 is 0 Å². The van der Waals surface area contributed by atoms with Crippen molar-refractivity contribution in [3.8, 4) is 0 Å². The van der Waals surface area contributed by atoms with E-state index in [1.807, 2.05) is 11.4 Å². The topological polar surface area (TPSA) is 20.3 Å². The van der Waals surface area contributed by atoms with Gasteiger partial charge in [0.25, 0.3) is 0 Å². The second kappa shape index (κ2) is 6.32. The van der Waals surface area contributed by atoms with Crippen LogP contribution in [-0.2, 0) is 17.6 Å². The third-order valence-corrected chi connectivity index (χ3v) is 5.94. The predicted octanol–water partition coefficient (Wildman–Crippen LogP) is 4.17. The van der Waals surface area contributed by atoms with Crippen molar-refractivity contribution in [3.63, 3.8) is 0 Å². The summed E-state index contributed by atoms with van der Waals surface area (Å²) in [6.07, 6.45) is 6.22. The van der Waals surface area contributed by atoms with Crippen LogP contribution < -0.4 is 0 Å². The molecule has 2 heterocycles. The van der Waals surface area contributed by atoms with E-state index >= 15 is 0 Å². The number of thiophene rings is 1. The van der Waals surface area contributed by atoms with Gasteiger partial charge in [0.1, 0.15) is 0 Å². The molecule has 2 nitrogen and oxygen atoms in total.